The number of ether oxygens (including phenoxy) is 1. The van der Waals surface area contributed by atoms with E-state index in [1.165, 1.54) is 13.2 Å². The van der Waals surface area contributed by atoms with Crippen molar-refractivity contribution >= 4 is 5.69 Å². The third kappa shape index (κ3) is 3.48. The zero-order valence-electron chi connectivity index (χ0n) is 8.56. The molecule has 1 aromatic carbocycles. The number of benzene rings is 1. The minimum Gasteiger partial charge on any atom is -0.399 e. The van der Waals surface area contributed by atoms with Gasteiger partial charge in [0, 0.05) is 18.4 Å². The molecule has 0 aliphatic rings. The number of hydrogen-bond acceptors (Lipinski definition) is 2. The minimum absolute atomic E-state index is 0.0385. The van der Waals surface area contributed by atoms with Crippen LogP contribution in [0.4, 0.5) is 18.9 Å². The fourth-order valence-electron chi connectivity index (χ4n) is 1.10. The molecule has 0 aliphatic heterocycles. The summed E-state index contributed by atoms with van der Waals surface area (Å²) in [7, 11) is 1.45. The lowest BCUT2D eigenvalue weighted by Crippen LogP contribution is -2.06. The van der Waals surface area contributed by atoms with E-state index in [0.717, 1.165) is 12.1 Å². The number of methoxy groups -OCH3 is 1. The second-order valence-corrected chi connectivity index (χ2v) is 3.08. The van der Waals surface area contributed by atoms with Crippen molar-refractivity contribution in [3.8, 4) is 11.8 Å². The SMILES string of the molecule is COCC#Cc1cc(N)cc(C(F)(F)F)c1. The van der Waals surface area contributed by atoms with Crippen LogP contribution in [0.15, 0.2) is 18.2 Å². The topological polar surface area (TPSA) is 35.2 Å². The number of halogens is 3. The molecule has 1 rings (SSSR count). The monoisotopic (exact) mass is 229 g/mol. The zero-order chi connectivity index (χ0) is 12.2. The summed E-state index contributed by atoms with van der Waals surface area (Å²) in [5, 5.41) is 0. The second kappa shape index (κ2) is 4.90. The Labute approximate surface area is 91.2 Å². The van der Waals surface area contributed by atoms with Gasteiger partial charge in [-0.3, -0.25) is 0 Å². The summed E-state index contributed by atoms with van der Waals surface area (Å²) in [4.78, 5) is 0. The minimum atomic E-state index is -4.41. The number of nitrogen functional groups attached to an aromatic ring is 1. The summed E-state index contributed by atoms with van der Waals surface area (Å²) in [5.74, 6) is 5.11. The Morgan fingerprint density at radius 3 is 2.56 bits per heavy atom. The maximum absolute atomic E-state index is 12.4. The first-order valence-electron chi connectivity index (χ1n) is 4.39. The summed E-state index contributed by atoms with van der Waals surface area (Å²) < 4.78 is 41.9. The number of hydrogen-bond donors (Lipinski definition) is 1. The van der Waals surface area contributed by atoms with Crippen LogP contribution in [0.3, 0.4) is 0 Å². The molecule has 0 fully saturated rings. The molecule has 0 amide bonds. The van der Waals surface area contributed by atoms with Crippen molar-refractivity contribution in [3.05, 3.63) is 29.3 Å². The van der Waals surface area contributed by atoms with Gasteiger partial charge in [-0.1, -0.05) is 11.8 Å². The van der Waals surface area contributed by atoms with E-state index in [-0.39, 0.29) is 17.9 Å². The quantitative estimate of drug-likeness (QED) is 0.592. The van der Waals surface area contributed by atoms with Crippen LogP contribution in [0.5, 0.6) is 0 Å². The van der Waals surface area contributed by atoms with E-state index in [1.807, 2.05) is 0 Å². The van der Waals surface area contributed by atoms with Gasteiger partial charge in [-0.2, -0.15) is 13.2 Å². The van der Waals surface area contributed by atoms with Crippen molar-refractivity contribution in [3.63, 3.8) is 0 Å². The van der Waals surface area contributed by atoms with Crippen LogP contribution in [0.1, 0.15) is 11.1 Å². The van der Waals surface area contributed by atoms with Crippen LogP contribution >= 0.6 is 0 Å². The predicted octanol–water partition coefficient (Wildman–Crippen LogP) is 2.29. The summed E-state index contributed by atoms with van der Waals surface area (Å²) in [6.45, 7) is 0.163. The summed E-state index contributed by atoms with van der Waals surface area (Å²) in [5.41, 5.74) is 4.83. The van der Waals surface area contributed by atoms with Crippen LogP contribution in [0.2, 0.25) is 0 Å². The Hall–Kier alpha value is -1.67. The van der Waals surface area contributed by atoms with Crippen LogP contribution in [0.25, 0.3) is 0 Å². The Kier molecular flexibility index (Phi) is 3.80. The van der Waals surface area contributed by atoms with Gasteiger partial charge in [0.1, 0.15) is 6.61 Å². The third-order valence-corrected chi connectivity index (χ3v) is 1.73. The molecular formula is C11H10F3NO. The molecule has 5 heteroatoms. The van der Waals surface area contributed by atoms with Crippen molar-refractivity contribution in [1.82, 2.24) is 0 Å². The molecule has 0 heterocycles. The van der Waals surface area contributed by atoms with E-state index in [1.54, 1.807) is 0 Å². The number of anilines is 1. The molecular weight excluding hydrogens is 219 g/mol. The zero-order valence-corrected chi connectivity index (χ0v) is 8.56. The lowest BCUT2D eigenvalue weighted by atomic mass is 10.1. The van der Waals surface area contributed by atoms with Gasteiger partial charge in [-0.15, -0.1) is 0 Å². The van der Waals surface area contributed by atoms with Crippen LogP contribution < -0.4 is 5.73 Å². The van der Waals surface area contributed by atoms with Gasteiger partial charge >= 0.3 is 6.18 Å². The predicted molar refractivity (Wildman–Crippen MR) is 54.6 cm³/mol. The standard InChI is InChI=1S/C11H10F3NO/c1-16-4-2-3-8-5-9(11(12,13)14)7-10(15)6-8/h5-7H,4,15H2,1H3. The number of rotatable bonds is 1. The molecule has 2 nitrogen and oxygen atoms in total. The lowest BCUT2D eigenvalue weighted by Gasteiger charge is -2.07. The normalized spacial score (nSPS) is 10.8. The van der Waals surface area contributed by atoms with Crippen LogP contribution in [-0.2, 0) is 10.9 Å². The molecule has 0 atom stereocenters. The maximum Gasteiger partial charge on any atom is 0.416 e. The largest absolute Gasteiger partial charge is 0.416 e. The molecule has 0 saturated carbocycles. The van der Waals surface area contributed by atoms with Gasteiger partial charge in [-0.05, 0) is 18.2 Å². The van der Waals surface area contributed by atoms with E-state index in [2.05, 4.69) is 16.6 Å². The molecule has 0 radical (unpaired) electrons. The lowest BCUT2D eigenvalue weighted by molar-refractivity contribution is -0.137. The van der Waals surface area contributed by atoms with Crippen molar-refractivity contribution in [2.24, 2.45) is 0 Å². The van der Waals surface area contributed by atoms with Gasteiger partial charge in [0.25, 0.3) is 0 Å². The van der Waals surface area contributed by atoms with Gasteiger partial charge in [0.05, 0.1) is 5.56 Å². The Morgan fingerprint density at radius 2 is 2.00 bits per heavy atom. The first kappa shape index (κ1) is 12.4. The first-order valence-corrected chi connectivity index (χ1v) is 4.39. The smallest absolute Gasteiger partial charge is 0.399 e. The molecule has 0 saturated heterocycles. The van der Waals surface area contributed by atoms with E-state index in [4.69, 9.17) is 5.73 Å². The second-order valence-electron chi connectivity index (χ2n) is 3.08. The maximum atomic E-state index is 12.4. The molecule has 0 unspecified atom stereocenters. The summed E-state index contributed by atoms with van der Waals surface area (Å²) >= 11 is 0. The fourth-order valence-corrected chi connectivity index (χ4v) is 1.10. The molecule has 0 spiro atoms. The average Bonchev–Trinajstić information content (AvgIpc) is 2.16. The Balaban J connectivity index is 3.05. The highest BCUT2D eigenvalue weighted by atomic mass is 19.4. The number of alkyl halides is 3. The average molecular weight is 229 g/mol. The van der Waals surface area contributed by atoms with Crippen molar-refractivity contribution in [2.45, 2.75) is 6.18 Å². The fraction of sp³-hybridized carbons (Fsp3) is 0.273. The highest BCUT2D eigenvalue weighted by molar-refractivity contribution is 5.51. The molecule has 1 aromatic rings. The molecule has 86 valence electrons. The van der Waals surface area contributed by atoms with E-state index in [9.17, 15) is 13.2 Å². The van der Waals surface area contributed by atoms with Crippen LogP contribution in [-0.4, -0.2) is 13.7 Å². The molecule has 0 bridgehead atoms. The van der Waals surface area contributed by atoms with Gasteiger partial charge < -0.3 is 10.5 Å². The highest BCUT2D eigenvalue weighted by Crippen LogP contribution is 2.31. The van der Waals surface area contributed by atoms with Gasteiger partial charge in [0.2, 0.25) is 0 Å². The first-order chi connectivity index (χ1) is 7.43. The third-order valence-electron chi connectivity index (χ3n) is 1.73. The Morgan fingerprint density at radius 1 is 1.31 bits per heavy atom. The Bertz CT molecular complexity index is 429. The van der Waals surface area contributed by atoms with Crippen LogP contribution in [0, 0.1) is 11.8 Å². The van der Waals surface area contributed by atoms with E-state index in [0.29, 0.717) is 0 Å². The van der Waals surface area contributed by atoms with E-state index >= 15 is 0 Å². The molecule has 0 aliphatic carbocycles. The van der Waals surface area contributed by atoms with Crippen molar-refractivity contribution in [2.75, 3.05) is 19.5 Å². The molecule has 16 heavy (non-hydrogen) atoms. The highest BCUT2D eigenvalue weighted by Gasteiger charge is 2.30. The van der Waals surface area contributed by atoms with Crippen molar-refractivity contribution < 1.29 is 17.9 Å². The van der Waals surface area contributed by atoms with Gasteiger partial charge in [-0.25, -0.2) is 0 Å². The summed E-state index contributed by atoms with van der Waals surface area (Å²) in [6.07, 6.45) is -4.41. The van der Waals surface area contributed by atoms with Crippen molar-refractivity contribution in [1.29, 1.82) is 0 Å². The van der Waals surface area contributed by atoms with E-state index < -0.39 is 11.7 Å². The molecule has 0 aromatic heterocycles. The van der Waals surface area contributed by atoms with Gasteiger partial charge in [0.15, 0.2) is 0 Å². The molecule has 2 N–H and O–H groups in total. The number of nitrogens with two attached hydrogens (primary N) is 1. The summed E-state index contributed by atoms with van der Waals surface area (Å²) in [6, 6.07) is 3.22.